The van der Waals surface area contributed by atoms with Gasteiger partial charge in [-0.1, -0.05) is 29.8 Å². The minimum Gasteiger partial charge on any atom is -0.463 e. The summed E-state index contributed by atoms with van der Waals surface area (Å²) in [4.78, 5) is 19.6. The van der Waals surface area contributed by atoms with E-state index in [1.54, 1.807) is 18.3 Å². The number of rotatable bonds is 2. The highest BCUT2D eigenvalue weighted by molar-refractivity contribution is 6.33. The van der Waals surface area contributed by atoms with Gasteiger partial charge in [0, 0.05) is 16.8 Å². The van der Waals surface area contributed by atoms with Gasteiger partial charge in [-0.05, 0) is 12.1 Å². The van der Waals surface area contributed by atoms with Crippen molar-refractivity contribution < 1.29 is 9.53 Å². The minimum absolute atomic E-state index is 0.0421. The quantitative estimate of drug-likeness (QED) is 0.676. The first-order valence-corrected chi connectivity index (χ1v) is 6.13. The van der Waals surface area contributed by atoms with Crippen LogP contribution in [0, 0.1) is 0 Å². The number of halogens is 1. The monoisotopic (exact) mass is 288 g/mol. The Hall–Kier alpha value is -2.47. The Morgan fingerprint density at radius 2 is 2.10 bits per heavy atom. The highest BCUT2D eigenvalue weighted by Gasteiger charge is 2.16. The van der Waals surface area contributed by atoms with E-state index in [4.69, 9.17) is 11.6 Å². The summed E-state index contributed by atoms with van der Waals surface area (Å²) in [5, 5.41) is 4.69. The first-order valence-electron chi connectivity index (χ1n) is 5.75. The second-order valence-electron chi connectivity index (χ2n) is 3.95. The lowest BCUT2D eigenvalue weighted by molar-refractivity contribution is 0.0587. The number of hydrogen-bond acceptors (Lipinski definition) is 5. The molecule has 0 aliphatic rings. The lowest BCUT2D eigenvalue weighted by atomic mass is 10.1. The van der Waals surface area contributed by atoms with Gasteiger partial charge in [-0.2, -0.15) is 9.50 Å². The van der Waals surface area contributed by atoms with Gasteiger partial charge >= 0.3 is 5.97 Å². The van der Waals surface area contributed by atoms with Crippen molar-refractivity contribution in [1.82, 2.24) is 19.6 Å². The fraction of sp³-hybridized carbons (Fsp3) is 0.0769. The molecule has 100 valence electrons. The molecule has 0 unspecified atom stereocenters. The molecule has 6 nitrogen and oxygen atoms in total. The molecule has 3 aromatic rings. The molecule has 0 atom stereocenters. The van der Waals surface area contributed by atoms with Gasteiger partial charge in [0.1, 0.15) is 0 Å². The van der Waals surface area contributed by atoms with Crippen LogP contribution in [-0.2, 0) is 4.74 Å². The van der Waals surface area contributed by atoms with E-state index in [0.29, 0.717) is 16.5 Å². The zero-order chi connectivity index (χ0) is 14.1. The average Bonchev–Trinajstić information content (AvgIpc) is 2.91. The maximum atomic E-state index is 11.5. The number of carbonyl (C=O) groups is 1. The predicted octanol–water partition coefficient (Wildman–Crippen LogP) is 2.23. The third-order valence-corrected chi connectivity index (χ3v) is 3.09. The van der Waals surface area contributed by atoms with Crippen LogP contribution in [0.2, 0.25) is 5.02 Å². The number of esters is 1. The van der Waals surface area contributed by atoms with E-state index in [9.17, 15) is 4.79 Å². The first-order chi connectivity index (χ1) is 9.70. The van der Waals surface area contributed by atoms with Crippen molar-refractivity contribution in [3.05, 3.63) is 47.4 Å². The maximum Gasteiger partial charge on any atom is 0.378 e. The third-order valence-electron chi connectivity index (χ3n) is 2.76. The number of ether oxygens (including phenoxy) is 1. The molecule has 2 heterocycles. The molecule has 0 saturated carbocycles. The summed E-state index contributed by atoms with van der Waals surface area (Å²) in [7, 11) is 1.27. The van der Waals surface area contributed by atoms with Crippen molar-refractivity contribution in [3.63, 3.8) is 0 Å². The van der Waals surface area contributed by atoms with Gasteiger partial charge in [0.2, 0.25) is 0 Å². The van der Waals surface area contributed by atoms with Crippen LogP contribution in [0.1, 0.15) is 10.6 Å². The summed E-state index contributed by atoms with van der Waals surface area (Å²) < 4.78 is 6.07. The summed E-state index contributed by atoms with van der Waals surface area (Å²) in [5.74, 6) is -0.345. The molecule has 0 aliphatic carbocycles. The van der Waals surface area contributed by atoms with Crippen LogP contribution in [0.3, 0.4) is 0 Å². The second kappa shape index (κ2) is 4.90. The average molecular weight is 289 g/mol. The van der Waals surface area contributed by atoms with E-state index in [0.717, 1.165) is 5.56 Å². The number of methoxy groups -OCH3 is 1. The summed E-state index contributed by atoms with van der Waals surface area (Å²) in [6.07, 6.45) is 1.59. The molecule has 1 aromatic carbocycles. The van der Waals surface area contributed by atoms with Crippen LogP contribution < -0.4 is 0 Å². The maximum absolute atomic E-state index is 11.5. The molecule has 0 bridgehead atoms. The van der Waals surface area contributed by atoms with Crippen LogP contribution >= 0.6 is 11.6 Å². The second-order valence-corrected chi connectivity index (χ2v) is 4.36. The SMILES string of the molecule is COC(=O)c1nc2nccc(-c3ccccc3Cl)n2n1. The van der Waals surface area contributed by atoms with Gasteiger partial charge in [0.15, 0.2) is 0 Å². The molecule has 3 rings (SSSR count). The molecule has 0 spiro atoms. The third kappa shape index (κ3) is 2.00. The summed E-state index contributed by atoms with van der Waals surface area (Å²) in [6, 6.07) is 9.10. The Kier molecular flexibility index (Phi) is 3.08. The summed E-state index contributed by atoms with van der Waals surface area (Å²) in [6.45, 7) is 0. The van der Waals surface area contributed by atoms with Crippen molar-refractivity contribution in [2.24, 2.45) is 0 Å². The Labute approximate surface area is 119 Å². The topological polar surface area (TPSA) is 69.4 Å². The Balaban J connectivity index is 2.24. The molecule has 0 fully saturated rings. The molecule has 2 aromatic heterocycles. The van der Waals surface area contributed by atoms with Crippen LogP contribution in [0.4, 0.5) is 0 Å². The molecule has 0 N–H and O–H groups in total. The molecule has 0 aliphatic heterocycles. The van der Waals surface area contributed by atoms with Gasteiger partial charge in [-0.15, -0.1) is 5.10 Å². The zero-order valence-electron chi connectivity index (χ0n) is 10.4. The standard InChI is InChI=1S/C13H9ClN4O2/c1-20-12(19)11-16-13-15-7-6-10(18(13)17-11)8-4-2-3-5-9(8)14/h2-7H,1H3. The lowest BCUT2D eigenvalue weighted by Gasteiger charge is -2.05. The first kappa shape index (κ1) is 12.6. The van der Waals surface area contributed by atoms with E-state index >= 15 is 0 Å². The Morgan fingerprint density at radius 3 is 2.85 bits per heavy atom. The largest absolute Gasteiger partial charge is 0.463 e. The van der Waals surface area contributed by atoms with Gasteiger partial charge in [0.25, 0.3) is 11.6 Å². The van der Waals surface area contributed by atoms with Crippen LogP contribution in [0.5, 0.6) is 0 Å². The van der Waals surface area contributed by atoms with E-state index in [2.05, 4.69) is 19.8 Å². The number of aromatic nitrogens is 4. The van der Waals surface area contributed by atoms with Gasteiger partial charge in [0.05, 0.1) is 12.8 Å². The normalized spacial score (nSPS) is 10.7. The minimum atomic E-state index is -0.611. The molecule has 0 saturated heterocycles. The Morgan fingerprint density at radius 1 is 1.30 bits per heavy atom. The Bertz CT molecular complexity index is 800. The molecule has 0 amide bonds. The van der Waals surface area contributed by atoms with E-state index in [1.165, 1.54) is 11.6 Å². The number of nitrogens with zero attached hydrogens (tertiary/aromatic N) is 4. The number of carbonyl (C=O) groups excluding carboxylic acids is 1. The smallest absolute Gasteiger partial charge is 0.378 e. The van der Waals surface area contributed by atoms with Crippen LogP contribution in [0.25, 0.3) is 17.0 Å². The van der Waals surface area contributed by atoms with Gasteiger partial charge < -0.3 is 4.74 Å². The molecule has 20 heavy (non-hydrogen) atoms. The van der Waals surface area contributed by atoms with Gasteiger partial charge in [-0.25, -0.2) is 9.78 Å². The van der Waals surface area contributed by atoms with E-state index in [-0.39, 0.29) is 5.82 Å². The fourth-order valence-electron chi connectivity index (χ4n) is 1.84. The molecule has 7 heteroatoms. The molecule has 0 radical (unpaired) electrons. The highest BCUT2D eigenvalue weighted by atomic mass is 35.5. The van der Waals surface area contributed by atoms with Crippen molar-refractivity contribution in [1.29, 1.82) is 0 Å². The fourth-order valence-corrected chi connectivity index (χ4v) is 2.08. The van der Waals surface area contributed by atoms with Crippen molar-refractivity contribution >= 4 is 23.3 Å². The van der Waals surface area contributed by atoms with Crippen LogP contribution in [0.15, 0.2) is 36.5 Å². The molecular formula is C13H9ClN4O2. The van der Waals surface area contributed by atoms with Crippen molar-refractivity contribution in [2.45, 2.75) is 0 Å². The van der Waals surface area contributed by atoms with Gasteiger partial charge in [-0.3, -0.25) is 0 Å². The summed E-state index contributed by atoms with van der Waals surface area (Å²) >= 11 is 6.18. The van der Waals surface area contributed by atoms with Crippen molar-refractivity contribution in [3.8, 4) is 11.3 Å². The predicted molar refractivity (Wildman–Crippen MR) is 72.6 cm³/mol. The number of benzene rings is 1. The van der Waals surface area contributed by atoms with Crippen LogP contribution in [-0.4, -0.2) is 32.7 Å². The lowest BCUT2D eigenvalue weighted by Crippen LogP contribution is -2.04. The highest BCUT2D eigenvalue weighted by Crippen LogP contribution is 2.26. The molecular weight excluding hydrogens is 280 g/mol. The summed E-state index contributed by atoms with van der Waals surface area (Å²) in [5.41, 5.74) is 1.48. The van der Waals surface area contributed by atoms with E-state index < -0.39 is 5.97 Å². The number of fused-ring (bicyclic) bond motifs is 1. The van der Waals surface area contributed by atoms with E-state index in [1.807, 2.05) is 18.2 Å². The number of hydrogen-bond donors (Lipinski definition) is 0. The zero-order valence-corrected chi connectivity index (χ0v) is 11.2. The van der Waals surface area contributed by atoms with Crippen molar-refractivity contribution in [2.75, 3.05) is 7.11 Å².